The summed E-state index contributed by atoms with van der Waals surface area (Å²) in [7, 11) is 0. The van der Waals surface area contributed by atoms with Crippen molar-refractivity contribution in [1.82, 2.24) is 19.1 Å². The van der Waals surface area contributed by atoms with Gasteiger partial charge in [-0.25, -0.2) is 9.97 Å². The van der Waals surface area contributed by atoms with Crippen molar-refractivity contribution in [2.75, 3.05) is 0 Å². The number of aromatic nitrogens is 4. The van der Waals surface area contributed by atoms with E-state index in [0.29, 0.717) is 5.82 Å². The van der Waals surface area contributed by atoms with Crippen molar-refractivity contribution in [1.29, 1.82) is 0 Å². The van der Waals surface area contributed by atoms with Crippen molar-refractivity contribution >= 4 is 43.6 Å². The molecule has 0 radical (unpaired) electrons. The molecule has 0 aliphatic rings. The van der Waals surface area contributed by atoms with E-state index in [1.54, 1.807) is 0 Å². The largest absolute Gasteiger partial charge is 0.309 e. The minimum Gasteiger partial charge on any atom is -0.309 e. The fourth-order valence-corrected chi connectivity index (χ4v) is 9.18. The number of nitrogens with zero attached hydrogens (tertiary/aromatic N) is 4. The molecule has 0 fully saturated rings. The first-order valence-corrected chi connectivity index (χ1v) is 21.1. The predicted molar refractivity (Wildman–Crippen MR) is 258 cm³/mol. The molecule has 0 aliphatic carbocycles. The lowest BCUT2D eigenvalue weighted by molar-refractivity contribution is 1.18. The molecule has 9 aromatic carbocycles. The number of fused-ring (bicyclic) bond motifs is 6. The third kappa shape index (κ3) is 6.08. The Morgan fingerprint density at radius 1 is 0.242 bits per heavy atom. The van der Waals surface area contributed by atoms with Crippen LogP contribution in [0.25, 0.3) is 111 Å². The van der Waals surface area contributed by atoms with Gasteiger partial charge >= 0.3 is 0 Å². The molecule has 62 heavy (non-hydrogen) atoms. The summed E-state index contributed by atoms with van der Waals surface area (Å²) < 4.78 is 4.73. The zero-order valence-electron chi connectivity index (χ0n) is 33.7. The summed E-state index contributed by atoms with van der Waals surface area (Å²) in [6.45, 7) is 0. The van der Waals surface area contributed by atoms with E-state index in [9.17, 15) is 0 Å². The van der Waals surface area contributed by atoms with Crippen molar-refractivity contribution < 1.29 is 0 Å². The Kier molecular flexibility index (Phi) is 8.46. The Labute approximate surface area is 359 Å². The van der Waals surface area contributed by atoms with E-state index in [-0.39, 0.29) is 0 Å². The molecule has 0 unspecified atom stereocenters. The van der Waals surface area contributed by atoms with E-state index in [2.05, 4.69) is 215 Å². The highest BCUT2D eigenvalue weighted by molar-refractivity contribution is 6.10. The second-order valence-corrected chi connectivity index (χ2v) is 15.8. The number of benzene rings is 9. The summed E-state index contributed by atoms with van der Waals surface area (Å²) in [6, 6.07) is 82.2. The summed E-state index contributed by atoms with van der Waals surface area (Å²) in [5.74, 6) is 0.694. The molecular weight excluding hydrogens is 753 g/mol. The van der Waals surface area contributed by atoms with Gasteiger partial charge in [0.25, 0.3) is 0 Å². The standard InChI is InChI=1S/C58H38N4/c1-3-15-41(16-4-1)52-38-53(60-58(59-52)42-17-5-2-6-18-42)45-36-43(39-27-31-46(32-28-39)61-54-23-11-7-19-48(54)49-20-8-12-24-55(49)61)35-44(37-45)40-29-33-47(34-30-40)62-56-25-13-9-21-50(56)51-22-10-14-26-57(51)62/h1-38H. The van der Waals surface area contributed by atoms with Gasteiger partial charge in [-0.15, -0.1) is 0 Å². The van der Waals surface area contributed by atoms with Crippen molar-refractivity contribution in [3.05, 3.63) is 231 Å². The molecule has 0 saturated heterocycles. The predicted octanol–water partition coefficient (Wildman–Crippen LogP) is 15.0. The average Bonchev–Trinajstić information content (AvgIpc) is 3.87. The molecule has 12 rings (SSSR count). The van der Waals surface area contributed by atoms with Crippen molar-refractivity contribution in [3.8, 4) is 67.5 Å². The van der Waals surface area contributed by atoms with Crippen molar-refractivity contribution in [2.24, 2.45) is 0 Å². The second kappa shape index (κ2) is 14.7. The van der Waals surface area contributed by atoms with E-state index in [1.807, 2.05) is 24.3 Å². The lowest BCUT2D eigenvalue weighted by Crippen LogP contribution is -1.97. The highest BCUT2D eigenvalue weighted by Gasteiger charge is 2.16. The minimum absolute atomic E-state index is 0.694. The third-order valence-corrected chi connectivity index (χ3v) is 12.1. The van der Waals surface area contributed by atoms with Gasteiger partial charge in [-0.2, -0.15) is 0 Å². The number of para-hydroxylation sites is 4. The minimum atomic E-state index is 0.694. The van der Waals surface area contributed by atoms with Gasteiger partial charge in [0.15, 0.2) is 5.82 Å². The van der Waals surface area contributed by atoms with Crippen LogP contribution in [-0.2, 0) is 0 Å². The van der Waals surface area contributed by atoms with Gasteiger partial charge in [-0.05, 0) is 95.1 Å². The van der Waals surface area contributed by atoms with E-state index in [4.69, 9.17) is 9.97 Å². The van der Waals surface area contributed by atoms with E-state index in [1.165, 1.54) is 43.6 Å². The van der Waals surface area contributed by atoms with E-state index < -0.39 is 0 Å². The van der Waals surface area contributed by atoms with Crippen molar-refractivity contribution in [2.45, 2.75) is 0 Å². The number of hydrogen-bond acceptors (Lipinski definition) is 2. The molecule has 4 heteroatoms. The molecule has 0 saturated carbocycles. The molecule has 12 aromatic rings. The molecule has 0 atom stereocenters. The molecule has 4 nitrogen and oxygen atoms in total. The van der Waals surface area contributed by atoms with Crippen LogP contribution in [-0.4, -0.2) is 19.1 Å². The fraction of sp³-hybridized carbons (Fsp3) is 0. The molecule has 0 amide bonds. The van der Waals surface area contributed by atoms with Gasteiger partial charge < -0.3 is 9.13 Å². The molecule has 0 N–H and O–H groups in total. The highest BCUT2D eigenvalue weighted by atomic mass is 15.0. The monoisotopic (exact) mass is 790 g/mol. The Morgan fingerprint density at radius 2 is 0.581 bits per heavy atom. The Balaban J connectivity index is 1.02. The van der Waals surface area contributed by atoms with Crippen LogP contribution in [0.5, 0.6) is 0 Å². The quantitative estimate of drug-likeness (QED) is 0.161. The van der Waals surface area contributed by atoms with Crippen LogP contribution in [0, 0.1) is 0 Å². The van der Waals surface area contributed by atoms with Gasteiger partial charge in [-0.3, -0.25) is 0 Å². The van der Waals surface area contributed by atoms with Crippen LogP contribution in [0.4, 0.5) is 0 Å². The molecule has 0 spiro atoms. The molecule has 3 heterocycles. The summed E-state index contributed by atoms with van der Waals surface area (Å²) in [4.78, 5) is 10.4. The fourth-order valence-electron chi connectivity index (χ4n) is 9.18. The van der Waals surface area contributed by atoms with Crippen LogP contribution < -0.4 is 0 Å². The summed E-state index contributed by atoms with van der Waals surface area (Å²) >= 11 is 0. The van der Waals surface area contributed by atoms with E-state index >= 15 is 0 Å². The SMILES string of the molecule is c1ccc(-c2cc(-c3cc(-c4ccc(-n5c6ccccc6c6ccccc65)cc4)cc(-c4ccc(-n5c6ccccc6c6ccccc65)cc4)c3)nc(-c3ccccc3)n2)cc1. The maximum Gasteiger partial charge on any atom is 0.160 e. The highest BCUT2D eigenvalue weighted by Crippen LogP contribution is 2.38. The maximum absolute atomic E-state index is 5.26. The van der Waals surface area contributed by atoms with Crippen LogP contribution >= 0.6 is 0 Å². The lowest BCUT2D eigenvalue weighted by Gasteiger charge is -2.14. The smallest absolute Gasteiger partial charge is 0.160 e. The van der Waals surface area contributed by atoms with Gasteiger partial charge in [0.1, 0.15) is 0 Å². The molecule has 0 bridgehead atoms. The topological polar surface area (TPSA) is 35.6 Å². The number of hydrogen-bond donors (Lipinski definition) is 0. The zero-order valence-corrected chi connectivity index (χ0v) is 33.7. The lowest BCUT2D eigenvalue weighted by atomic mass is 9.94. The molecule has 0 aliphatic heterocycles. The molecular formula is C58H38N4. The maximum atomic E-state index is 5.26. The van der Waals surface area contributed by atoms with E-state index in [0.717, 1.165) is 61.7 Å². The zero-order chi connectivity index (χ0) is 41.0. The Hall–Kier alpha value is -8.34. The first-order chi connectivity index (χ1) is 30.7. The van der Waals surface area contributed by atoms with Gasteiger partial charge in [0, 0.05) is 49.6 Å². The summed E-state index contributed by atoms with van der Waals surface area (Å²) in [5.41, 5.74) is 16.3. The second-order valence-electron chi connectivity index (χ2n) is 15.8. The van der Waals surface area contributed by atoms with Gasteiger partial charge in [0.05, 0.1) is 33.5 Å². The van der Waals surface area contributed by atoms with Crippen LogP contribution in [0.1, 0.15) is 0 Å². The number of rotatable bonds is 7. The Bertz CT molecular complexity index is 3260. The Morgan fingerprint density at radius 3 is 1.00 bits per heavy atom. The van der Waals surface area contributed by atoms with Crippen LogP contribution in [0.2, 0.25) is 0 Å². The van der Waals surface area contributed by atoms with Gasteiger partial charge in [-0.1, -0.05) is 158 Å². The van der Waals surface area contributed by atoms with Crippen LogP contribution in [0.3, 0.4) is 0 Å². The first kappa shape index (κ1) is 35.6. The normalized spacial score (nSPS) is 11.5. The van der Waals surface area contributed by atoms with Gasteiger partial charge in [0.2, 0.25) is 0 Å². The molecule has 3 aromatic heterocycles. The van der Waals surface area contributed by atoms with Crippen LogP contribution in [0.15, 0.2) is 231 Å². The summed E-state index contributed by atoms with van der Waals surface area (Å²) in [5, 5.41) is 5.01. The van der Waals surface area contributed by atoms with Crippen molar-refractivity contribution in [3.63, 3.8) is 0 Å². The average molecular weight is 791 g/mol. The summed E-state index contributed by atoms with van der Waals surface area (Å²) in [6.07, 6.45) is 0. The first-order valence-electron chi connectivity index (χ1n) is 21.1. The molecule has 290 valence electrons. The third-order valence-electron chi connectivity index (χ3n) is 12.1.